The van der Waals surface area contributed by atoms with Gasteiger partial charge in [0.05, 0.1) is 4.90 Å². The fraction of sp³-hybridized carbons (Fsp3) is 0.650. The van der Waals surface area contributed by atoms with E-state index in [-0.39, 0.29) is 35.7 Å². The van der Waals surface area contributed by atoms with Crippen LogP contribution in [0.3, 0.4) is 0 Å². The highest BCUT2D eigenvalue weighted by atomic mass is 35.5. The third kappa shape index (κ3) is 6.17. The summed E-state index contributed by atoms with van der Waals surface area (Å²) in [6, 6.07) is 7.36. The van der Waals surface area contributed by atoms with Crippen LogP contribution in [0.25, 0.3) is 0 Å². The zero-order valence-electron chi connectivity index (χ0n) is 17.5. The van der Waals surface area contributed by atoms with Gasteiger partial charge in [0.25, 0.3) is 0 Å². The smallest absolute Gasteiger partial charge is 0.243 e. The molecule has 0 aromatic heterocycles. The molecule has 1 atom stereocenters. The van der Waals surface area contributed by atoms with Gasteiger partial charge in [0.1, 0.15) is 0 Å². The lowest BCUT2D eigenvalue weighted by Gasteiger charge is -2.31. The molecule has 2 N–H and O–H groups in total. The van der Waals surface area contributed by atoms with Gasteiger partial charge >= 0.3 is 0 Å². The number of halogens is 1. The first-order chi connectivity index (χ1) is 12.6. The molecule has 1 aromatic carbocycles. The summed E-state index contributed by atoms with van der Waals surface area (Å²) in [6.45, 7) is 9.64. The average molecular weight is 432 g/mol. The molecule has 8 heteroatoms. The maximum absolute atomic E-state index is 12.9. The summed E-state index contributed by atoms with van der Waals surface area (Å²) in [7, 11) is -1.66. The second-order valence-corrected chi connectivity index (χ2v) is 10.3. The molecule has 28 heavy (non-hydrogen) atoms. The summed E-state index contributed by atoms with van der Waals surface area (Å²) in [5.74, 6) is -0.104. The number of hydrogen-bond acceptors (Lipinski definition) is 4. The predicted molar refractivity (Wildman–Crippen MR) is 115 cm³/mol. The first-order valence-electron chi connectivity index (χ1n) is 9.61. The quantitative estimate of drug-likeness (QED) is 0.725. The Kier molecular flexibility index (Phi) is 8.93. The van der Waals surface area contributed by atoms with Crippen LogP contribution < -0.4 is 10.6 Å². The van der Waals surface area contributed by atoms with Crippen molar-refractivity contribution in [3.05, 3.63) is 29.8 Å². The number of nitrogens with one attached hydrogen (secondary N) is 2. The van der Waals surface area contributed by atoms with Gasteiger partial charge in [-0.3, -0.25) is 4.79 Å². The van der Waals surface area contributed by atoms with Gasteiger partial charge in [-0.05, 0) is 49.9 Å². The first-order valence-corrected chi connectivity index (χ1v) is 11.1. The molecule has 0 spiro atoms. The van der Waals surface area contributed by atoms with E-state index in [9.17, 15) is 13.2 Å². The summed E-state index contributed by atoms with van der Waals surface area (Å²) < 4.78 is 27.3. The van der Waals surface area contributed by atoms with E-state index in [0.29, 0.717) is 37.4 Å². The zero-order valence-corrected chi connectivity index (χ0v) is 19.1. The minimum atomic E-state index is -3.51. The Morgan fingerprint density at radius 3 is 2.18 bits per heavy atom. The van der Waals surface area contributed by atoms with Crippen molar-refractivity contribution in [2.75, 3.05) is 26.7 Å². The van der Waals surface area contributed by atoms with Gasteiger partial charge < -0.3 is 10.6 Å². The lowest BCUT2D eigenvalue weighted by Crippen LogP contribution is -2.45. The number of carbonyl (C=O) groups excluding carboxylic acids is 1. The van der Waals surface area contributed by atoms with Gasteiger partial charge in [-0.1, -0.05) is 32.9 Å². The van der Waals surface area contributed by atoms with Gasteiger partial charge in [-0.15, -0.1) is 12.4 Å². The SMILES string of the molecule is CNC(C)CNC(=O)C1CCN(S(=O)(=O)c2ccc(C(C)(C)C)cc2)CC1.Cl. The standard InChI is InChI=1S/C20H33N3O3S.ClH/c1-15(21-5)14-22-19(24)16-10-12-23(13-11-16)27(25,26)18-8-6-17(7-9-18)20(2,3)4;/h6-9,15-16,21H,10-14H2,1-5H3,(H,22,24);1H. The molecule has 1 amide bonds. The summed E-state index contributed by atoms with van der Waals surface area (Å²) in [6.07, 6.45) is 1.11. The van der Waals surface area contributed by atoms with Crippen LogP contribution in [-0.4, -0.2) is 51.4 Å². The molecule has 6 nitrogen and oxygen atoms in total. The molecule has 0 radical (unpaired) electrons. The fourth-order valence-electron chi connectivity index (χ4n) is 3.13. The number of hydrogen-bond donors (Lipinski definition) is 2. The molecule has 1 unspecified atom stereocenters. The molecule has 0 aliphatic carbocycles. The zero-order chi connectivity index (χ0) is 20.2. The van der Waals surface area contributed by atoms with Gasteiger partial charge in [0.15, 0.2) is 0 Å². The molecule has 160 valence electrons. The van der Waals surface area contributed by atoms with Crippen LogP contribution in [0.5, 0.6) is 0 Å². The van der Waals surface area contributed by atoms with E-state index in [0.717, 1.165) is 5.56 Å². The Morgan fingerprint density at radius 2 is 1.71 bits per heavy atom. The lowest BCUT2D eigenvalue weighted by atomic mass is 9.87. The maximum Gasteiger partial charge on any atom is 0.243 e. The average Bonchev–Trinajstić information content (AvgIpc) is 2.65. The van der Waals surface area contributed by atoms with E-state index in [1.165, 1.54) is 4.31 Å². The minimum absolute atomic E-state index is 0. The third-order valence-corrected chi connectivity index (χ3v) is 7.17. The molecule has 0 bridgehead atoms. The van der Waals surface area contributed by atoms with Gasteiger partial charge in [0.2, 0.25) is 15.9 Å². The van der Waals surface area contributed by atoms with Crippen LogP contribution in [0.1, 0.15) is 46.1 Å². The number of sulfonamides is 1. The van der Waals surface area contributed by atoms with E-state index >= 15 is 0 Å². The number of likely N-dealkylation sites (N-methyl/N-ethyl adjacent to an activating group) is 1. The van der Waals surface area contributed by atoms with Crippen molar-refractivity contribution in [2.45, 2.75) is 56.9 Å². The topological polar surface area (TPSA) is 78.5 Å². The maximum atomic E-state index is 12.9. The van der Waals surface area contributed by atoms with E-state index in [1.807, 2.05) is 26.1 Å². The van der Waals surface area contributed by atoms with Gasteiger partial charge in [0, 0.05) is 31.6 Å². The Morgan fingerprint density at radius 1 is 1.18 bits per heavy atom. The van der Waals surface area contributed by atoms with E-state index < -0.39 is 10.0 Å². The molecule has 1 fully saturated rings. The van der Waals surface area contributed by atoms with Crippen LogP contribution in [0, 0.1) is 5.92 Å². The van der Waals surface area contributed by atoms with Crippen molar-refractivity contribution in [3.63, 3.8) is 0 Å². The molecular weight excluding hydrogens is 398 g/mol. The van der Waals surface area contributed by atoms with Crippen molar-refractivity contribution in [1.82, 2.24) is 14.9 Å². The Balaban J connectivity index is 0.00000392. The Hall–Kier alpha value is -1.15. The highest BCUT2D eigenvalue weighted by Crippen LogP contribution is 2.27. The monoisotopic (exact) mass is 431 g/mol. The number of rotatable bonds is 6. The molecule has 2 rings (SSSR count). The highest BCUT2D eigenvalue weighted by molar-refractivity contribution is 7.89. The van der Waals surface area contributed by atoms with Crippen LogP contribution in [0.2, 0.25) is 0 Å². The molecule has 1 aromatic rings. The summed E-state index contributed by atoms with van der Waals surface area (Å²) in [4.78, 5) is 12.6. The van der Waals surface area contributed by atoms with Crippen LogP contribution in [-0.2, 0) is 20.2 Å². The predicted octanol–water partition coefficient (Wildman–Crippen LogP) is 2.53. The van der Waals surface area contributed by atoms with Crippen molar-refractivity contribution >= 4 is 28.3 Å². The molecular formula is C20H34ClN3O3S. The van der Waals surface area contributed by atoms with Gasteiger partial charge in [-0.25, -0.2) is 8.42 Å². The van der Waals surface area contributed by atoms with E-state index in [1.54, 1.807) is 12.1 Å². The lowest BCUT2D eigenvalue weighted by molar-refractivity contribution is -0.126. The number of nitrogens with zero attached hydrogens (tertiary/aromatic N) is 1. The molecule has 1 aliphatic rings. The van der Waals surface area contributed by atoms with Crippen molar-refractivity contribution in [3.8, 4) is 0 Å². The van der Waals surface area contributed by atoms with Crippen LogP contribution >= 0.6 is 12.4 Å². The first kappa shape index (κ1) is 24.9. The minimum Gasteiger partial charge on any atom is -0.354 e. The van der Waals surface area contributed by atoms with E-state index in [2.05, 4.69) is 31.4 Å². The summed E-state index contributed by atoms with van der Waals surface area (Å²) in [5.41, 5.74) is 1.09. The number of carbonyl (C=O) groups is 1. The van der Waals surface area contributed by atoms with Crippen molar-refractivity contribution < 1.29 is 13.2 Å². The molecule has 0 saturated carbocycles. The Labute approximate surface area is 175 Å². The normalized spacial score (nSPS) is 17.6. The highest BCUT2D eigenvalue weighted by Gasteiger charge is 2.32. The number of piperidine rings is 1. The van der Waals surface area contributed by atoms with E-state index in [4.69, 9.17) is 0 Å². The summed E-state index contributed by atoms with van der Waals surface area (Å²) in [5, 5.41) is 6.02. The summed E-state index contributed by atoms with van der Waals surface area (Å²) >= 11 is 0. The van der Waals surface area contributed by atoms with Crippen molar-refractivity contribution in [2.24, 2.45) is 5.92 Å². The Bertz CT molecular complexity index is 737. The number of benzene rings is 1. The number of amides is 1. The molecule has 1 saturated heterocycles. The van der Waals surface area contributed by atoms with Gasteiger partial charge in [-0.2, -0.15) is 4.31 Å². The van der Waals surface area contributed by atoms with Crippen LogP contribution in [0.4, 0.5) is 0 Å². The fourth-order valence-corrected chi connectivity index (χ4v) is 4.60. The second kappa shape index (κ2) is 10.1. The van der Waals surface area contributed by atoms with Crippen molar-refractivity contribution in [1.29, 1.82) is 0 Å². The molecule has 1 aliphatic heterocycles. The molecule has 1 heterocycles. The van der Waals surface area contributed by atoms with Crippen LogP contribution in [0.15, 0.2) is 29.2 Å². The third-order valence-electron chi connectivity index (χ3n) is 5.26. The largest absolute Gasteiger partial charge is 0.354 e. The second-order valence-electron chi connectivity index (χ2n) is 8.39.